The van der Waals surface area contributed by atoms with Gasteiger partial charge in [0.1, 0.15) is 11.9 Å². The second-order valence-corrected chi connectivity index (χ2v) is 10.6. The lowest BCUT2D eigenvalue weighted by molar-refractivity contribution is -0.137. The molecule has 0 saturated carbocycles. The first-order valence-electron chi connectivity index (χ1n) is 12.8. The first-order valence-corrected chi connectivity index (χ1v) is 13.5. The summed E-state index contributed by atoms with van der Waals surface area (Å²) < 4.78 is 38.2. The van der Waals surface area contributed by atoms with Crippen molar-refractivity contribution in [3.05, 3.63) is 87.5 Å². The fraction of sp³-hybridized carbons (Fsp3) is 0.276. The highest BCUT2D eigenvalue weighted by Gasteiger charge is 2.32. The molecule has 5 rings (SSSR count). The van der Waals surface area contributed by atoms with E-state index in [9.17, 15) is 4.79 Å². The standard InChI is InChI=1S/C29H27Cl2FN4O5/c1-29(2)38-15-22(41-29)14-34-27(37)16-4-6-17(7-5-16)28-36-35-24(40-28)10-18-8-9-23(31)26(25(18)32)39-21-12-19(30)11-20(13-21)33-3/h4-9,11-13,22,33H,10,14-15H2,1-3H3,(H,34,37). The van der Waals surface area contributed by atoms with E-state index in [1.807, 2.05) is 13.8 Å². The molecule has 214 valence electrons. The number of amides is 1. The molecular weight excluding hydrogens is 574 g/mol. The summed E-state index contributed by atoms with van der Waals surface area (Å²) in [5.74, 6) is -0.946. The van der Waals surface area contributed by atoms with Gasteiger partial charge in [0.2, 0.25) is 11.8 Å². The minimum absolute atomic E-state index is 0.00786. The maximum absolute atomic E-state index is 15.4. The minimum atomic E-state index is -0.656. The second kappa shape index (κ2) is 12.0. The smallest absolute Gasteiger partial charge is 0.251 e. The summed E-state index contributed by atoms with van der Waals surface area (Å²) in [5.41, 5.74) is 2.02. The van der Waals surface area contributed by atoms with Gasteiger partial charge in [-0.05, 0) is 56.3 Å². The van der Waals surface area contributed by atoms with Crippen molar-refractivity contribution in [2.24, 2.45) is 0 Å². The summed E-state index contributed by atoms with van der Waals surface area (Å²) in [6.45, 7) is 4.41. The number of halogens is 3. The van der Waals surface area contributed by atoms with Crippen LogP contribution in [-0.4, -0.2) is 48.2 Å². The van der Waals surface area contributed by atoms with Crippen LogP contribution in [0.4, 0.5) is 10.1 Å². The molecule has 1 atom stereocenters. The van der Waals surface area contributed by atoms with E-state index in [2.05, 4.69) is 20.8 Å². The molecule has 41 heavy (non-hydrogen) atoms. The van der Waals surface area contributed by atoms with Gasteiger partial charge in [0.25, 0.3) is 5.91 Å². The van der Waals surface area contributed by atoms with E-state index in [0.717, 1.165) is 0 Å². The normalized spacial score (nSPS) is 16.0. The molecule has 1 fully saturated rings. The van der Waals surface area contributed by atoms with Crippen LogP contribution in [0.3, 0.4) is 0 Å². The highest BCUT2D eigenvalue weighted by molar-refractivity contribution is 6.32. The minimum Gasteiger partial charge on any atom is -0.453 e. The predicted molar refractivity (Wildman–Crippen MR) is 152 cm³/mol. The van der Waals surface area contributed by atoms with Crippen molar-refractivity contribution in [3.8, 4) is 23.0 Å². The highest BCUT2D eigenvalue weighted by Crippen LogP contribution is 2.36. The fourth-order valence-electron chi connectivity index (χ4n) is 4.23. The van der Waals surface area contributed by atoms with Gasteiger partial charge in [-0.2, -0.15) is 0 Å². The molecule has 0 radical (unpaired) electrons. The fourth-order valence-corrected chi connectivity index (χ4v) is 4.64. The van der Waals surface area contributed by atoms with Crippen LogP contribution >= 0.6 is 23.2 Å². The van der Waals surface area contributed by atoms with Crippen molar-refractivity contribution in [2.45, 2.75) is 32.2 Å². The number of hydrogen-bond acceptors (Lipinski definition) is 8. The zero-order valence-electron chi connectivity index (χ0n) is 22.5. The number of benzene rings is 3. The number of aromatic nitrogens is 2. The molecule has 0 spiro atoms. The third-order valence-electron chi connectivity index (χ3n) is 6.27. The van der Waals surface area contributed by atoms with Gasteiger partial charge in [-0.25, -0.2) is 4.39 Å². The van der Waals surface area contributed by atoms with Gasteiger partial charge in [0, 0.05) is 47.1 Å². The van der Waals surface area contributed by atoms with Crippen LogP contribution in [0, 0.1) is 5.82 Å². The Hall–Kier alpha value is -3.70. The Bertz CT molecular complexity index is 1560. The number of hydrogen-bond donors (Lipinski definition) is 2. The summed E-state index contributed by atoms with van der Waals surface area (Å²) in [6.07, 6.45) is -0.199. The molecule has 2 heterocycles. The van der Waals surface area contributed by atoms with Crippen LogP contribution in [0.25, 0.3) is 11.5 Å². The van der Waals surface area contributed by atoms with Crippen molar-refractivity contribution in [1.29, 1.82) is 0 Å². The van der Waals surface area contributed by atoms with Crippen LogP contribution in [0.2, 0.25) is 10.0 Å². The van der Waals surface area contributed by atoms with E-state index in [1.165, 1.54) is 12.1 Å². The summed E-state index contributed by atoms with van der Waals surface area (Å²) in [4.78, 5) is 12.5. The lowest BCUT2D eigenvalue weighted by atomic mass is 10.1. The molecule has 1 aliphatic heterocycles. The van der Waals surface area contributed by atoms with Crippen LogP contribution < -0.4 is 15.4 Å². The molecular formula is C29H27Cl2FN4O5. The Labute approximate surface area is 245 Å². The molecule has 1 aliphatic rings. The zero-order chi connectivity index (χ0) is 29.1. The lowest BCUT2D eigenvalue weighted by Crippen LogP contribution is -2.34. The first-order chi connectivity index (χ1) is 19.6. The molecule has 3 aromatic carbocycles. The van der Waals surface area contributed by atoms with Crippen LogP contribution in [0.1, 0.15) is 35.7 Å². The number of carbonyl (C=O) groups is 1. The number of nitrogens with one attached hydrogen (secondary N) is 2. The van der Waals surface area contributed by atoms with Gasteiger partial charge in [0.05, 0.1) is 18.1 Å². The largest absolute Gasteiger partial charge is 0.453 e. The van der Waals surface area contributed by atoms with Crippen molar-refractivity contribution >= 4 is 34.8 Å². The third-order valence-corrected chi connectivity index (χ3v) is 6.78. The summed E-state index contributed by atoms with van der Waals surface area (Å²) in [6, 6.07) is 14.7. The second-order valence-electron chi connectivity index (χ2n) is 9.79. The molecule has 1 aromatic heterocycles. The van der Waals surface area contributed by atoms with Crippen molar-refractivity contribution in [1.82, 2.24) is 15.5 Å². The van der Waals surface area contributed by atoms with Gasteiger partial charge >= 0.3 is 0 Å². The average molecular weight is 601 g/mol. The molecule has 1 amide bonds. The molecule has 9 nitrogen and oxygen atoms in total. The van der Waals surface area contributed by atoms with Gasteiger partial charge in [-0.3, -0.25) is 4.79 Å². The molecule has 2 N–H and O–H groups in total. The Morgan fingerprint density at radius 1 is 1.12 bits per heavy atom. The number of anilines is 1. The molecule has 1 saturated heterocycles. The van der Waals surface area contributed by atoms with E-state index in [4.69, 9.17) is 41.8 Å². The van der Waals surface area contributed by atoms with Crippen molar-refractivity contribution in [2.75, 3.05) is 25.5 Å². The van der Waals surface area contributed by atoms with Crippen molar-refractivity contribution in [3.63, 3.8) is 0 Å². The SMILES string of the molecule is CNc1cc(Cl)cc(Oc2c(Cl)ccc(Cc3nnc(-c4ccc(C(=O)NCC5COC(C)(C)O5)cc4)o3)c2F)c1. The van der Waals surface area contributed by atoms with Crippen LogP contribution in [-0.2, 0) is 15.9 Å². The van der Waals surface area contributed by atoms with E-state index < -0.39 is 11.6 Å². The quantitative estimate of drug-likeness (QED) is 0.224. The summed E-state index contributed by atoms with van der Waals surface area (Å²) in [7, 11) is 1.73. The van der Waals surface area contributed by atoms with E-state index >= 15 is 4.39 Å². The average Bonchev–Trinajstić information content (AvgIpc) is 3.56. The van der Waals surface area contributed by atoms with E-state index in [0.29, 0.717) is 40.7 Å². The molecule has 1 unspecified atom stereocenters. The van der Waals surface area contributed by atoms with Gasteiger partial charge in [0.15, 0.2) is 17.4 Å². The maximum atomic E-state index is 15.4. The van der Waals surface area contributed by atoms with E-state index in [-0.39, 0.29) is 46.5 Å². The first kappa shape index (κ1) is 28.8. The monoisotopic (exact) mass is 600 g/mol. The Kier molecular flexibility index (Phi) is 8.46. The van der Waals surface area contributed by atoms with Crippen LogP contribution in [0.5, 0.6) is 11.5 Å². The number of rotatable bonds is 9. The number of nitrogens with zero attached hydrogens (tertiary/aromatic N) is 2. The van der Waals surface area contributed by atoms with Gasteiger partial charge in [-0.1, -0.05) is 29.3 Å². The Balaban J connectivity index is 1.24. The molecule has 12 heteroatoms. The predicted octanol–water partition coefficient (Wildman–Crippen LogP) is 6.49. The summed E-state index contributed by atoms with van der Waals surface area (Å²) in [5, 5.41) is 14.5. The summed E-state index contributed by atoms with van der Waals surface area (Å²) >= 11 is 12.4. The molecule has 4 aromatic rings. The van der Waals surface area contributed by atoms with E-state index in [1.54, 1.807) is 49.5 Å². The molecule has 0 bridgehead atoms. The van der Waals surface area contributed by atoms with Gasteiger partial charge in [-0.15, -0.1) is 10.2 Å². The molecule has 0 aliphatic carbocycles. The number of carbonyl (C=O) groups excluding carboxylic acids is 1. The van der Waals surface area contributed by atoms with Crippen molar-refractivity contribution < 1.29 is 27.8 Å². The maximum Gasteiger partial charge on any atom is 0.251 e. The lowest BCUT2D eigenvalue weighted by Gasteiger charge is -2.17. The number of ether oxygens (including phenoxy) is 3. The Morgan fingerprint density at radius 2 is 1.90 bits per heavy atom. The van der Waals surface area contributed by atoms with Crippen LogP contribution in [0.15, 0.2) is 59.0 Å². The highest BCUT2D eigenvalue weighted by atomic mass is 35.5. The third kappa shape index (κ3) is 6.97. The van der Waals surface area contributed by atoms with Gasteiger partial charge < -0.3 is 29.3 Å². The zero-order valence-corrected chi connectivity index (χ0v) is 24.0. The Morgan fingerprint density at radius 3 is 2.61 bits per heavy atom. The topological polar surface area (TPSA) is 108 Å².